The Morgan fingerprint density at radius 1 is 1.23 bits per heavy atom. The maximum Gasteiger partial charge on any atom is 0.345 e. The molecule has 2 aromatic carbocycles. The van der Waals surface area contributed by atoms with Crippen molar-refractivity contribution in [1.82, 2.24) is 0 Å². The van der Waals surface area contributed by atoms with Crippen molar-refractivity contribution in [3.05, 3.63) is 59.9 Å². The number of carbonyl (C=O) groups excluding carboxylic acids is 1. The first-order valence-electron chi connectivity index (χ1n) is 8.59. The topological polar surface area (TPSA) is 71.0 Å². The SMILES string of the molecule is CCN1c2ccccc2NC2C(C(=O)Oc3ccc(O)cc3)=C(C)OC21. The molecule has 4 rings (SSSR count). The number of rotatable bonds is 3. The summed E-state index contributed by atoms with van der Waals surface area (Å²) in [5, 5.41) is 12.8. The number of aromatic hydroxyl groups is 1. The second kappa shape index (κ2) is 6.29. The molecule has 0 amide bonds. The minimum atomic E-state index is -0.455. The third kappa shape index (κ3) is 2.63. The molecule has 0 fully saturated rings. The number of fused-ring (bicyclic) bond motifs is 2. The second-order valence-electron chi connectivity index (χ2n) is 6.29. The normalized spacial score (nSPS) is 20.8. The molecule has 2 heterocycles. The van der Waals surface area contributed by atoms with Gasteiger partial charge < -0.3 is 24.8 Å². The third-order valence-electron chi connectivity index (χ3n) is 4.71. The Labute approximate surface area is 151 Å². The monoisotopic (exact) mass is 352 g/mol. The molecule has 2 aromatic rings. The number of carbonyl (C=O) groups is 1. The number of hydrogen-bond acceptors (Lipinski definition) is 6. The van der Waals surface area contributed by atoms with Crippen LogP contribution in [0.3, 0.4) is 0 Å². The number of benzene rings is 2. The zero-order valence-electron chi connectivity index (χ0n) is 14.6. The molecule has 6 nitrogen and oxygen atoms in total. The summed E-state index contributed by atoms with van der Waals surface area (Å²) in [6.45, 7) is 4.60. The van der Waals surface area contributed by atoms with E-state index in [-0.39, 0.29) is 18.0 Å². The van der Waals surface area contributed by atoms with Crippen LogP contribution in [0, 0.1) is 0 Å². The van der Waals surface area contributed by atoms with Gasteiger partial charge in [-0.2, -0.15) is 0 Å². The van der Waals surface area contributed by atoms with Crippen LogP contribution in [0.4, 0.5) is 11.4 Å². The molecule has 6 heteroatoms. The highest BCUT2D eigenvalue weighted by molar-refractivity contribution is 5.94. The van der Waals surface area contributed by atoms with E-state index < -0.39 is 5.97 Å². The first-order chi connectivity index (χ1) is 12.6. The molecule has 2 atom stereocenters. The van der Waals surface area contributed by atoms with E-state index in [0.717, 1.165) is 17.9 Å². The Hall–Kier alpha value is -3.15. The van der Waals surface area contributed by atoms with E-state index in [0.29, 0.717) is 17.1 Å². The largest absolute Gasteiger partial charge is 0.508 e. The fourth-order valence-electron chi connectivity index (χ4n) is 3.51. The maximum absolute atomic E-state index is 12.8. The van der Waals surface area contributed by atoms with Crippen molar-refractivity contribution in [2.75, 3.05) is 16.8 Å². The Balaban J connectivity index is 1.62. The number of allylic oxidation sites excluding steroid dienone is 1. The number of para-hydroxylation sites is 2. The van der Waals surface area contributed by atoms with Gasteiger partial charge in [0.05, 0.1) is 11.4 Å². The Kier molecular flexibility index (Phi) is 3.95. The Morgan fingerprint density at radius 2 is 1.96 bits per heavy atom. The highest BCUT2D eigenvalue weighted by Gasteiger charge is 2.46. The van der Waals surface area contributed by atoms with E-state index in [1.54, 1.807) is 19.1 Å². The number of esters is 1. The van der Waals surface area contributed by atoms with Gasteiger partial charge >= 0.3 is 5.97 Å². The molecule has 0 aromatic heterocycles. The lowest BCUT2D eigenvalue weighted by Gasteiger charge is -2.40. The van der Waals surface area contributed by atoms with Crippen LogP contribution in [0.2, 0.25) is 0 Å². The summed E-state index contributed by atoms with van der Waals surface area (Å²) in [4.78, 5) is 14.9. The minimum Gasteiger partial charge on any atom is -0.508 e. The molecule has 0 aliphatic carbocycles. The Morgan fingerprint density at radius 3 is 2.69 bits per heavy atom. The summed E-state index contributed by atoms with van der Waals surface area (Å²) in [6.07, 6.45) is -0.294. The van der Waals surface area contributed by atoms with Crippen molar-refractivity contribution in [2.24, 2.45) is 0 Å². The predicted molar refractivity (Wildman–Crippen MR) is 98.2 cm³/mol. The summed E-state index contributed by atoms with van der Waals surface area (Å²) < 4.78 is 11.5. The van der Waals surface area contributed by atoms with Crippen molar-refractivity contribution in [1.29, 1.82) is 0 Å². The van der Waals surface area contributed by atoms with E-state index in [4.69, 9.17) is 9.47 Å². The molecule has 2 aliphatic rings. The summed E-state index contributed by atoms with van der Waals surface area (Å²) in [5.74, 6) is 0.597. The minimum absolute atomic E-state index is 0.119. The van der Waals surface area contributed by atoms with Gasteiger partial charge in [-0.1, -0.05) is 12.1 Å². The first kappa shape index (κ1) is 16.3. The average molecular weight is 352 g/mol. The van der Waals surface area contributed by atoms with E-state index >= 15 is 0 Å². The van der Waals surface area contributed by atoms with Crippen molar-refractivity contribution in [2.45, 2.75) is 26.1 Å². The lowest BCUT2D eigenvalue weighted by atomic mass is 10.0. The van der Waals surface area contributed by atoms with Crippen LogP contribution in [0.25, 0.3) is 0 Å². The predicted octanol–water partition coefficient (Wildman–Crippen LogP) is 3.25. The van der Waals surface area contributed by atoms with Gasteiger partial charge in [-0.15, -0.1) is 0 Å². The molecule has 0 radical (unpaired) electrons. The fourth-order valence-corrected chi connectivity index (χ4v) is 3.51. The van der Waals surface area contributed by atoms with Gasteiger partial charge in [0.1, 0.15) is 28.9 Å². The van der Waals surface area contributed by atoms with Gasteiger partial charge in [0, 0.05) is 6.54 Å². The summed E-state index contributed by atoms with van der Waals surface area (Å²) >= 11 is 0. The van der Waals surface area contributed by atoms with Crippen molar-refractivity contribution < 1.29 is 19.4 Å². The summed E-state index contributed by atoms with van der Waals surface area (Å²) in [5.41, 5.74) is 2.50. The van der Waals surface area contributed by atoms with Gasteiger partial charge in [-0.25, -0.2) is 4.79 Å². The van der Waals surface area contributed by atoms with Crippen molar-refractivity contribution >= 4 is 17.3 Å². The van der Waals surface area contributed by atoms with Crippen LogP contribution in [0.5, 0.6) is 11.5 Å². The van der Waals surface area contributed by atoms with Gasteiger partial charge in [0.15, 0.2) is 6.23 Å². The van der Waals surface area contributed by atoms with Crippen LogP contribution in [-0.2, 0) is 9.53 Å². The van der Waals surface area contributed by atoms with Crippen LogP contribution in [-0.4, -0.2) is 29.9 Å². The third-order valence-corrected chi connectivity index (χ3v) is 4.71. The van der Waals surface area contributed by atoms with Crippen LogP contribution in [0.15, 0.2) is 59.9 Å². The molecule has 0 saturated carbocycles. The zero-order valence-corrected chi connectivity index (χ0v) is 14.6. The van der Waals surface area contributed by atoms with Crippen molar-refractivity contribution in [3.63, 3.8) is 0 Å². The molecular formula is C20H20N2O4. The molecule has 0 saturated heterocycles. The maximum atomic E-state index is 12.8. The van der Waals surface area contributed by atoms with E-state index in [9.17, 15) is 9.90 Å². The molecular weight excluding hydrogens is 332 g/mol. The van der Waals surface area contributed by atoms with Gasteiger partial charge in [-0.05, 0) is 50.2 Å². The molecule has 2 aliphatic heterocycles. The number of ether oxygens (including phenoxy) is 2. The van der Waals surface area contributed by atoms with Crippen molar-refractivity contribution in [3.8, 4) is 11.5 Å². The number of phenolic OH excluding ortho intramolecular Hbond substituents is 1. The van der Waals surface area contributed by atoms with Crippen LogP contribution in [0.1, 0.15) is 13.8 Å². The summed E-state index contributed by atoms with van der Waals surface area (Å²) in [6, 6.07) is 13.7. The number of hydrogen-bond donors (Lipinski definition) is 2. The molecule has 0 bridgehead atoms. The quantitative estimate of drug-likeness (QED) is 0.653. The summed E-state index contributed by atoms with van der Waals surface area (Å²) in [7, 11) is 0. The van der Waals surface area contributed by atoms with Gasteiger partial charge in [0.2, 0.25) is 0 Å². The fraction of sp³-hybridized carbons (Fsp3) is 0.250. The van der Waals surface area contributed by atoms with E-state index in [1.807, 2.05) is 24.3 Å². The van der Waals surface area contributed by atoms with Gasteiger partial charge in [-0.3, -0.25) is 0 Å². The standard InChI is InChI=1S/C20H20N2O4/c1-3-22-16-7-5-4-6-15(16)21-18-17(12(2)25-19(18)22)20(24)26-14-10-8-13(23)9-11-14/h4-11,18-19,21,23H,3H2,1-2H3. The highest BCUT2D eigenvalue weighted by Crippen LogP contribution is 2.41. The number of likely N-dealkylation sites (N-methyl/N-ethyl adjacent to an activating group) is 1. The molecule has 2 unspecified atom stereocenters. The Bertz CT molecular complexity index is 876. The number of nitrogens with zero attached hydrogens (tertiary/aromatic N) is 1. The van der Waals surface area contributed by atoms with Crippen LogP contribution >= 0.6 is 0 Å². The molecule has 2 N–H and O–H groups in total. The van der Waals surface area contributed by atoms with E-state index in [2.05, 4.69) is 17.1 Å². The zero-order chi connectivity index (χ0) is 18.3. The van der Waals surface area contributed by atoms with E-state index in [1.165, 1.54) is 12.1 Å². The first-order valence-corrected chi connectivity index (χ1v) is 8.59. The second-order valence-corrected chi connectivity index (χ2v) is 6.29. The van der Waals surface area contributed by atoms with Gasteiger partial charge in [0.25, 0.3) is 0 Å². The smallest absolute Gasteiger partial charge is 0.345 e. The van der Waals surface area contributed by atoms with Crippen LogP contribution < -0.4 is 15.0 Å². The molecule has 134 valence electrons. The highest BCUT2D eigenvalue weighted by atomic mass is 16.5. The number of phenols is 1. The molecule has 26 heavy (non-hydrogen) atoms. The number of anilines is 2. The lowest BCUT2D eigenvalue weighted by molar-refractivity contribution is -0.130. The molecule has 0 spiro atoms. The number of nitrogens with one attached hydrogen (secondary N) is 1. The average Bonchev–Trinajstić information content (AvgIpc) is 2.97. The lowest BCUT2D eigenvalue weighted by Crippen LogP contribution is -2.51.